The van der Waals surface area contributed by atoms with Gasteiger partial charge in [0.25, 0.3) is 0 Å². The molecule has 0 aliphatic heterocycles. The van der Waals surface area contributed by atoms with Gasteiger partial charge in [0.05, 0.1) is 13.7 Å². The van der Waals surface area contributed by atoms with Crippen LogP contribution in [-0.2, 0) is 14.3 Å². The van der Waals surface area contributed by atoms with E-state index in [2.05, 4.69) is 15.9 Å². The van der Waals surface area contributed by atoms with Gasteiger partial charge in [0.15, 0.2) is 16.9 Å². The highest BCUT2D eigenvalue weighted by Gasteiger charge is 2.46. The second kappa shape index (κ2) is 8.17. The predicted octanol–water partition coefficient (Wildman–Crippen LogP) is 3.73. The Kier molecular flexibility index (Phi) is 6.87. The molecule has 6 heteroatoms. The van der Waals surface area contributed by atoms with Gasteiger partial charge < -0.3 is 14.2 Å². The fourth-order valence-electron chi connectivity index (χ4n) is 2.10. The molecule has 0 atom stereocenters. The van der Waals surface area contributed by atoms with Crippen LogP contribution < -0.4 is 9.47 Å². The van der Waals surface area contributed by atoms with Crippen LogP contribution in [0.25, 0.3) is 0 Å². The molecule has 1 aromatic rings. The van der Waals surface area contributed by atoms with E-state index in [1.54, 1.807) is 39.0 Å². The molecule has 0 heterocycles. The van der Waals surface area contributed by atoms with Crippen molar-refractivity contribution in [3.8, 4) is 11.5 Å². The minimum atomic E-state index is -1.30. The van der Waals surface area contributed by atoms with E-state index in [1.165, 1.54) is 7.11 Å². The maximum atomic E-state index is 12.6. The molecule has 0 aliphatic carbocycles. The largest absolute Gasteiger partial charge is 0.493 e. The lowest BCUT2D eigenvalue weighted by Gasteiger charge is -2.26. The minimum absolute atomic E-state index is 0.218. The lowest BCUT2D eigenvalue weighted by molar-refractivity contribution is -0.167. The van der Waals surface area contributed by atoms with Crippen LogP contribution in [0, 0.1) is 5.41 Å². The molecule has 0 radical (unpaired) electrons. The van der Waals surface area contributed by atoms with E-state index in [0.29, 0.717) is 18.6 Å². The maximum absolute atomic E-state index is 12.6. The van der Waals surface area contributed by atoms with Crippen molar-refractivity contribution in [1.29, 1.82) is 0 Å². The van der Waals surface area contributed by atoms with Crippen molar-refractivity contribution in [1.82, 2.24) is 0 Å². The summed E-state index contributed by atoms with van der Waals surface area (Å²) in [6.07, 6.45) is 0.611. The van der Waals surface area contributed by atoms with Gasteiger partial charge in [-0.1, -0.05) is 29.8 Å². The van der Waals surface area contributed by atoms with Crippen LogP contribution in [0.4, 0.5) is 0 Å². The van der Waals surface area contributed by atoms with Crippen molar-refractivity contribution in [3.63, 3.8) is 0 Å². The molecule has 1 aromatic carbocycles. The number of hydrogen-bond acceptors (Lipinski definition) is 5. The zero-order valence-corrected chi connectivity index (χ0v) is 14.9. The number of methoxy groups -OCH3 is 1. The Morgan fingerprint density at radius 1 is 1.09 bits per heavy atom. The molecule has 22 heavy (non-hydrogen) atoms. The third kappa shape index (κ3) is 3.80. The van der Waals surface area contributed by atoms with Gasteiger partial charge >= 0.3 is 11.9 Å². The fraction of sp³-hybridized carbons (Fsp3) is 0.500. The molecule has 1 rings (SSSR count). The van der Waals surface area contributed by atoms with Crippen molar-refractivity contribution in [2.24, 2.45) is 5.41 Å². The lowest BCUT2D eigenvalue weighted by Crippen LogP contribution is -2.42. The minimum Gasteiger partial charge on any atom is -0.493 e. The summed E-state index contributed by atoms with van der Waals surface area (Å²) >= 11 is 3.32. The van der Waals surface area contributed by atoms with Crippen molar-refractivity contribution in [2.75, 3.05) is 13.7 Å². The third-order valence-corrected chi connectivity index (χ3v) is 4.09. The van der Waals surface area contributed by atoms with Gasteiger partial charge in [-0.25, -0.2) is 0 Å². The van der Waals surface area contributed by atoms with Crippen LogP contribution in [-0.4, -0.2) is 25.7 Å². The first-order chi connectivity index (χ1) is 10.4. The van der Waals surface area contributed by atoms with Crippen molar-refractivity contribution in [3.05, 3.63) is 22.7 Å². The van der Waals surface area contributed by atoms with E-state index in [0.717, 1.165) is 4.47 Å². The van der Waals surface area contributed by atoms with Gasteiger partial charge in [0.1, 0.15) is 0 Å². The van der Waals surface area contributed by atoms with E-state index in [9.17, 15) is 9.59 Å². The summed E-state index contributed by atoms with van der Waals surface area (Å²) in [7, 11) is 1.48. The third-order valence-electron chi connectivity index (χ3n) is 3.59. The maximum Gasteiger partial charge on any atom is 0.328 e. The zero-order chi connectivity index (χ0) is 16.8. The predicted molar refractivity (Wildman–Crippen MR) is 86.0 cm³/mol. The SMILES string of the molecule is CCOC(=O)C(CC)(CC)C(=O)Oc1ccc(Br)cc1OC. The quantitative estimate of drug-likeness (QED) is 0.414. The Labute approximate surface area is 139 Å². The van der Waals surface area contributed by atoms with E-state index < -0.39 is 17.4 Å². The molecular formula is C16H21BrO5. The standard InChI is InChI=1S/C16H21BrO5/c1-5-16(6-2,14(18)21-7-3)15(19)22-12-9-8-11(17)10-13(12)20-4/h8-10H,5-7H2,1-4H3. The number of hydrogen-bond donors (Lipinski definition) is 0. The fourth-order valence-corrected chi connectivity index (χ4v) is 2.44. The first kappa shape index (κ1) is 18.5. The van der Waals surface area contributed by atoms with Crippen molar-refractivity contribution in [2.45, 2.75) is 33.6 Å². The normalized spacial score (nSPS) is 11.0. The molecule has 0 N–H and O–H groups in total. The Morgan fingerprint density at radius 2 is 1.73 bits per heavy atom. The van der Waals surface area contributed by atoms with Crippen LogP contribution in [0.5, 0.6) is 11.5 Å². The molecule has 0 unspecified atom stereocenters. The summed E-state index contributed by atoms with van der Waals surface area (Å²) in [6.45, 7) is 5.45. The van der Waals surface area contributed by atoms with Gasteiger partial charge in [-0.2, -0.15) is 0 Å². The number of rotatable bonds is 7. The first-order valence-corrected chi connectivity index (χ1v) is 7.97. The Morgan fingerprint density at radius 3 is 2.23 bits per heavy atom. The van der Waals surface area contributed by atoms with Crippen LogP contribution in [0.15, 0.2) is 22.7 Å². The van der Waals surface area contributed by atoms with Crippen molar-refractivity contribution < 1.29 is 23.8 Å². The second-order valence-corrected chi connectivity index (χ2v) is 5.61. The Hall–Kier alpha value is -1.56. The average molecular weight is 373 g/mol. The molecule has 0 amide bonds. The van der Waals surface area contributed by atoms with Gasteiger partial charge in [0, 0.05) is 4.47 Å². The number of benzene rings is 1. The molecule has 0 saturated heterocycles. The van der Waals surface area contributed by atoms with E-state index in [-0.39, 0.29) is 12.4 Å². The van der Waals surface area contributed by atoms with Gasteiger partial charge in [-0.05, 0) is 38.0 Å². The summed E-state index contributed by atoms with van der Waals surface area (Å²) in [4.78, 5) is 24.8. The number of esters is 2. The highest BCUT2D eigenvalue weighted by molar-refractivity contribution is 9.10. The smallest absolute Gasteiger partial charge is 0.328 e. The molecule has 5 nitrogen and oxygen atoms in total. The van der Waals surface area contributed by atoms with Crippen molar-refractivity contribution >= 4 is 27.9 Å². The summed E-state index contributed by atoms with van der Waals surface area (Å²) in [5.41, 5.74) is -1.30. The van der Waals surface area contributed by atoms with Crippen LogP contribution in [0.1, 0.15) is 33.6 Å². The van der Waals surface area contributed by atoms with Crippen LogP contribution in [0.3, 0.4) is 0 Å². The van der Waals surface area contributed by atoms with E-state index in [4.69, 9.17) is 14.2 Å². The Bertz CT molecular complexity index is 537. The molecule has 0 aliphatic rings. The highest BCUT2D eigenvalue weighted by atomic mass is 79.9. The number of halogens is 1. The number of carbonyl (C=O) groups is 2. The summed E-state index contributed by atoms with van der Waals surface area (Å²) in [6, 6.07) is 5.03. The van der Waals surface area contributed by atoms with Crippen LogP contribution >= 0.6 is 15.9 Å². The van der Waals surface area contributed by atoms with E-state index >= 15 is 0 Å². The summed E-state index contributed by atoms with van der Waals surface area (Å²) in [5.74, 6) is -0.503. The second-order valence-electron chi connectivity index (χ2n) is 4.69. The lowest BCUT2D eigenvalue weighted by atomic mass is 9.82. The summed E-state index contributed by atoms with van der Waals surface area (Å²) < 4.78 is 16.5. The molecular weight excluding hydrogens is 352 g/mol. The molecule has 0 bridgehead atoms. The monoisotopic (exact) mass is 372 g/mol. The average Bonchev–Trinajstić information content (AvgIpc) is 2.51. The highest BCUT2D eigenvalue weighted by Crippen LogP contribution is 2.35. The van der Waals surface area contributed by atoms with Gasteiger partial charge in [-0.15, -0.1) is 0 Å². The first-order valence-electron chi connectivity index (χ1n) is 7.18. The molecule has 0 aromatic heterocycles. The topological polar surface area (TPSA) is 61.8 Å². The van der Waals surface area contributed by atoms with E-state index in [1.807, 2.05) is 0 Å². The molecule has 0 saturated carbocycles. The van der Waals surface area contributed by atoms with Crippen LogP contribution in [0.2, 0.25) is 0 Å². The number of carbonyl (C=O) groups excluding carboxylic acids is 2. The molecule has 0 fully saturated rings. The molecule has 0 spiro atoms. The Balaban J connectivity index is 3.09. The van der Waals surface area contributed by atoms with Gasteiger partial charge in [0.2, 0.25) is 0 Å². The number of ether oxygens (including phenoxy) is 3. The molecule has 122 valence electrons. The van der Waals surface area contributed by atoms with Gasteiger partial charge in [-0.3, -0.25) is 9.59 Å². The zero-order valence-electron chi connectivity index (χ0n) is 13.3. The summed E-state index contributed by atoms with van der Waals surface area (Å²) in [5, 5.41) is 0.